The molecule has 34 heavy (non-hydrogen) atoms. The van der Waals surface area contributed by atoms with E-state index in [4.69, 9.17) is 4.74 Å². The number of sulfonamides is 1. The molecule has 1 aliphatic heterocycles. The molecule has 0 saturated carbocycles. The van der Waals surface area contributed by atoms with E-state index in [9.17, 15) is 17.9 Å². The van der Waals surface area contributed by atoms with E-state index in [0.717, 1.165) is 13.0 Å². The highest BCUT2D eigenvalue weighted by Crippen LogP contribution is 2.34. The minimum absolute atomic E-state index is 0.0410. The zero-order chi connectivity index (χ0) is 24.9. The molecule has 0 bridgehead atoms. The Morgan fingerprint density at radius 3 is 2.68 bits per heavy atom. The van der Waals surface area contributed by atoms with Gasteiger partial charge in [0.15, 0.2) is 0 Å². The van der Waals surface area contributed by atoms with Crippen LogP contribution in [-0.4, -0.2) is 68.2 Å². The number of aliphatic hydroxyl groups is 1. The summed E-state index contributed by atoms with van der Waals surface area (Å²) in [5.74, 6) is 5.41. The van der Waals surface area contributed by atoms with E-state index in [1.165, 1.54) is 16.4 Å². The summed E-state index contributed by atoms with van der Waals surface area (Å²) in [6, 6.07) is 10.3. The van der Waals surface area contributed by atoms with Gasteiger partial charge in [0.2, 0.25) is 10.0 Å². The van der Waals surface area contributed by atoms with Gasteiger partial charge in [0.05, 0.1) is 12.2 Å². The van der Waals surface area contributed by atoms with Gasteiger partial charge in [-0.3, -0.25) is 0 Å². The predicted molar refractivity (Wildman–Crippen MR) is 131 cm³/mol. The summed E-state index contributed by atoms with van der Waals surface area (Å²) in [7, 11) is -1.90. The molecular formula is C26H33FN2O4S. The van der Waals surface area contributed by atoms with Crippen molar-refractivity contribution < 1.29 is 22.7 Å². The Morgan fingerprint density at radius 1 is 1.26 bits per heavy atom. The lowest BCUT2D eigenvalue weighted by Crippen LogP contribution is -2.49. The number of rotatable bonds is 6. The standard InChI is InChI=1S/C26H33FN2O4S/c1-5-14-28(4)17-25-19(2)16-29(20(3)18-30)34(31,32)26-13-11-21(15-24(26)33-25)10-12-22-8-6-7-9-23(22)27/h6-9,11,13,15,19-20,25,30H,5,14,16-18H2,1-4H3/t19-,20-,25-/m1/s1. The van der Waals surface area contributed by atoms with Crippen LogP contribution in [0.3, 0.4) is 0 Å². The van der Waals surface area contributed by atoms with Crippen molar-refractivity contribution >= 4 is 10.0 Å². The van der Waals surface area contributed by atoms with Crippen LogP contribution in [0.5, 0.6) is 5.75 Å². The summed E-state index contributed by atoms with van der Waals surface area (Å²) < 4.78 is 48.7. The fraction of sp³-hybridized carbons (Fsp3) is 0.462. The zero-order valence-corrected chi connectivity index (χ0v) is 21.0. The Kier molecular flexibility index (Phi) is 8.72. The van der Waals surface area contributed by atoms with Gasteiger partial charge in [0.1, 0.15) is 22.6 Å². The molecular weight excluding hydrogens is 455 g/mol. The molecule has 3 rings (SSSR count). The van der Waals surface area contributed by atoms with Crippen LogP contribution in [0.1, 0.15) is 38.3 Å². The molecule has 0 aromatic heterocycles. The third-order valence-corrected chi connectivity index (χ3v) is 8.00. The number of fused-ring (bicyclic) bond motifs is 1. The minimum Gasteiger partial charge on any atom is -0.487 e. The van der Waals surface area contributed by atoms with E-state index in [1.54, 1.807) is 37.3 Å². The number of halogens is 1. The first-order chi connectivity index (χ1) is 16.2. The third-order valence-electron chi connectivity index (χ3n) is 5.98. The van der Waals surface area contributed by atoms with Crippen molar-refractivity contribution in [2.24, 2.45) is 5.92 Å². The lowest BCUT2D eigenvalue weighted by Gasteiger charge is -2.37. The van der Waals surface area contributed by atoms with E-state index >= 15 is 0 Å². The second-order valence-electron chi connectivity index (χ2n) is 8.89. The first kappa shape index (κ1) is 26.2. The van der Waals surface area contributed by atoms with E-state index in [1.807, 2.05) is 14.0 Å². The van der Waals surface area contributed by atoms with Crippen molar-refractivity contribution in [2.45, 2.75) is 44.2 Å². The molecule has 8 heteroatoms. The lowest BCUT2D eigenvalue weighted by atomic mass is 10.0. The van der Waals surface area contributed by atoms with Crippen molar-refractivity contribution in [1.29, 1.82) is 0 Å². The first-order valence-corrected chi connectivity index (χ1v) is 13.0. The van der Waals surface area contributed by atoms with Crippen LogP contribution in [0.15, 0.2) is 47.4 Å². The summed E-state index contributed by atoms with van der Waals surface area (Å²) in [5, 5.41) is 9.75. The molecule has 1 N–H and O–H groups in total. The fourth-order valence-corrected chi connectivity index (χ4v) is 5.83. The number of likely N-dealkylation sites (N-methyl/N-ethyl adjacent to an activating group) is 1. The minimum atomic E-state index is -3.91. The quantitative estimate of drug-likeness (QED) is 0.632. The summed E-state index contributed by atoms with van der Waals surface area (Å²) in [6.07, 6.45) is 0.723. The second-order valence-corrected chi connectivity index (χ2v) is 10.8. The van der Waals surface area contributed by atoms with Gasteiger partial charge in [-0.25, -0.2) is 12.8 Å². The first-order valence-electron chi connectivity index (χ1n) is 11.6. The zero-order valence-electron chi connectivity index (χ0n) is 20.2. The van der Waals surface area contributed by atoms with Crippen LogP contribution in [0, 0.1) is 23.6 Å². The molecule has 0 unspecified atom stereocenters. The Morgan fingerprint density at radius 2 is 2.00 bits per heavy atom. The van der Waals surface area contributed by atoms with Gasteiger partial charge in [0, 0.05) is 30.6 Å². The maximum Gasteiger partial charge on any atom is 0.247 e. The summed E-state index contributed by atoms with van der Waals surface area (Å²) in [4.78, 5) is 2.21. The van der Waals surface area contributed by atoms with Crippen molar-refractivity contribution in [3.63, 3.8) is 0 Å². The van der Waals surface area contributed by atoms with Gasteiger partial charge in [-0.05, 0) is 57.3 Å². The van der Waals surface area contributed by atoms with E-state index in [-0.39, 0.29) is 41.4 Å². The van der Waals surface area contributed by atoms with Crippen LogP contribution in [0.2, 0.25) is 0 Å². The van der Waals surface area contributed by atoms with Crippen LogP contribution < -0.4 is 4.74 Å². The number of hydrogen-bond acceptors (Lipinski definition) is 5. The SMILES string of the molecule is CCCN(C)C[C@H]1Oc2cc(C#Cc3ccccc3F)ccc2S(=O)(=O)N([C@H](C)CO)C[C@H]1C. The molecule has 0 spiro atoms. The number of nitrogens with zero attached hydrogens (tertiary/aromatic N) is 2. The molecule has 0 amide bonds. The smallest absolute Gasteiger partial charge is 0.247 e. The lowest BCUT2D eigenvalue weighted by molar-refractivity contribution is 0.0752. The number of benzene rings is 2. The second kappa shape index (κ2) is 11.3. The van der Waals surface area contributed by atoms with E-state index in [2.05, 4.69) is 23.7 Å². The molecule has 184 valence electrons. The number of hydrogen-bond donors (Lipinski definition) is 1. The highest BCUT2D eigenvalue weighted by molar-refractivity contribution is 7.89. The van der Waals surface area contributed by atoms with Gasteiger partial charge in [-0.2, -0.15) is 4.31 Å². The van der Waals surface area contributed by atoms with Gasteiger partial charge in [-0.1, -0.05) is 37.8 Å². The highest BCUT2D eigenvalue weighted by atomic mass is 32.2. The third kappa shape index (κ3) is 5.97. The average molecular weight is 489 g/mol. The van der Waals surface area contributed by atoms with E-state index in [0.29, 0.717) is 12.1 Å². The van der Waals surface area contributed by atoms with Crippen LogP contribution in [0.4, 0.5) is 4.39 Å². The van der Waals surface area contributed by atoms with Crippen molar-refractivity contribution in [1.82, 2.24) is 9.21 Å². The predicted octanol–water partition coefficient (Wildman–Crippen LogP) is 3.34. The van der Waals surface area contributed by atoms with Crippen molar-refractivity contribution in [2.75, 3.05) is 33.3 Å². The van der Waals surface area contributed by atoms with Gasteiger partial charge in [-0.15, -0.1) is 0 Å². The molecule has 1 aliphatic rings. The maximum absolute atomic E-state index is 14.0. The molecule has 1 heterocycles. The Hall–Kier alpha value is -2.44. The van der Waals surface area contributed by atoms with E-state index < -0.39 is 21.9 Å². The number of aliphatic hydroxyl groups excluding tert-OH is 1. The van der Waals surface area contributed by atoms with Crippen LogP contribution >= 0.6 is 0 Å². The van der Waals surface area contributed by atoms with Gasteiger partial charge < -0.3 is 14.7 Å². The average Bonchev–Trinajstić information content (AvgIpc) is 2.80. The number of ether oxygens (including phenoxy) is 1. The molecule has 3 atom stereocenters. The molecule has 2 aromatic carbocycles. The summed E-state index contributed by atoms with van der Waals surface area (Å²) in [5.41, 5.74) is 0.784. The fourth-order valence-electron chi connectivity index (χ4n) is 4.00. The molecule has 0 saturated heterocycles. The normalized spacial score (nSPS) is 20.9. The van der Waals surface area contributed by atoms with Gasteiger partial charge >= 0.3 is 0 Å². The van der Waals surface area contributed by atoms with Crippen molar-refractivity contribution in [3.05, 3.63) is 59.4 Å². The summed E-state index contributed by atoms with van der Waals surface area (Å²) in [6.45, 7) is 7.23. The highest BCUT2D eigenvalue weighted by Gasteiger charge is 2.38. The van der Waals surface area contributed by atoms with Crippen LogP contribution in [-0.2, 0) is 10.0 Å². The largest absolute Gasteiger partial charge is 0.487 e. The van der Waals surface area contributed by atoms with Crippen LogP contribution in [0.25, 0.3) is 0 Å². The molecule has 0 radical (unpaired) electrons. The summed E-state index contributed by atoms with van der Waals surface area (Å²) >= 11 is 0. The Balaban J connectivity index is 2.07. The molecule has 6 nitrogen and oxygen atoms in total. The van der Waals surface area contributed by atoms with Gasteiger partial charge in [0.25, 0.3) is 0 Å². The maximum atomic E-state index is 14.0. The Bertz CT molecular complexity index is 1160. The molecule has 2 aromatic rings. The van der Waals surface area contributed by atoms with Crippen molar-refractivity contribution in [3.8, 4) is 17.6 Å². The Labute approximate surface area is 202 Å². The molecule has 0 fully saturated rings. The molecule has 0 aliphatic carbocycles. The topological polar surface area (TPSA) is 70.1 Å². The monoisotopic (exact) mass is 488 g/mol.